The molecule has 0 aliphatic carbocycles. The number of ether oxygens (including phenoxy) is 3. The van der Waals surface area contributed by atoms with Crippen LogP contribution in [-0.4, -0.2) is 49.4 Å². The Labute approximate surface area is 143 Å². The van der Waals surface area contributed by atoms with Crippen LogP contribution in [0.15, 0.2) is 0 Å². The van der Waals surface area contributed by atoms with Gasteiger partial charge in [-0.15, -0.1) is 0 Å². The van der Waals surface area contributed by atoms with Gasteiger partial charge in [0.25, 0.3) is 0 Å². The van der Waals surface area contributed by atoms with Gasteiger partial charge in [-0.05, 0) is 33.1 Å². The summed E-state index contributed by atoms with van der Waals surface area (Å²) in [4.78, 5) is 34.5. The van der Waals surface area contributed by atoms with Gasteiger partial charge < -0.3 is 19.3 Å². The van der Waals surface area contributed by atoms with E-state index < -0.39 is 23.5 Å². The molecule has 0 saturated heterocycles. The van der Waals surface area contributed by atoms with Crippen LogP contribution in [-0.2, 0) is 28.6 Å². The molecule has 2 atom stereocenters. The number of aliphatic hydroxyl groups is 1. The molecule has 0 spiro atoms. The molecule has 0 saturated carbocycles. The summed E-state index contributed by atoms with van der Waals surface area (Å²) >= 11 is 0. The van der Waals surface area contributed by atoms with Crippen LogP contribution in [0.4, 0.5) is 0 Å². The van der Waals surface area contributed by atoms with Gasteiger partial charge in [0.15, 0.2) is 0 Å². The lowest BCUT2D eigenvalue weighted by Crippen LogP contribution is -2.31. The predicted molar refractivity (Wildman–Crippen MR) is 87.0 cm³/mol. The van der Waals surface area contributed by atoms with Gasteiger partial charge in [-0.3, -0.25) is 14.4 Å². The monoisotopic (exact) mass is 346 g/mol. The fourth-order valence-electron chi connectivity index (χ4n) is 1.69. The summed E-state index contributed by atoms with van der Waals surface area (Å²) in [5.74, 6) is -1.44. The number of methoxy groups -OCH3 is 1. The lowest BCUT2D eigenvalue weighted by atomic mass is 9.91. The molecule has 0 aliphatic rings. The third-order valence-corrected chi connectivity index (χ3v) is 3.90. The van der Waals surface area contributed by atoms with E-state index >= 15 is 0 Å². The van der Waals surface area contributed by atoms with Gasteiger partial charge in [-0.25, -0.2) is 0 Å². The van der Waals surface area contributed by atoms with Gasteiger partial charge in [-0.1, -0.05) is 13.8 Å². The Kier molecular flexibility index (Phi) is 10.3. The Morgan fingerprint density at radius 3 is 2.25 bits per heavy atom. The van der Waals surface area contributed by atoms with Crippen molar-refractivity contribution in [2.75, 3.05) is 20.3 Å². The molecule has 0 rings (SSSR count). The van der Waals surface area contributed by atoms with Crippen molar-refractivity contribution >= 4 is 17.9 Å². The lowest BCUT2D eigenvalue weighted by molar-refractivity contribution is -0.160. The fraction of sp³-hybridized carbons (Fsp3) is 0.824. The highest BCUT2D eigenvalue weighted by Gasteiger charge is 2.27. The topological polar surface area (TPSA) is 99.1 Å². The number of aliphatic hydroxyl groups excluding tert-OH is 1. The summed E-state index contributed by atoms with van der Waals surface area (Å²) in [6.45, 7) is 6.68. The Balaban J connectivity index is 3.90. The van der Waals surface area contributed by atoms with Crippen LogP contribution < -0.4 is 0 Å². The van der Waals surface area contributed by atoms with Crippen molar-refractivity contribution in [1.82, 2.24) is 0 Å². The van der Waals surface area contributed by atoms with E-state index in [2.05, 4.69) is 4.74 Å². The Hall–Kier alpha value is -1.63. The smallest absolute Gasteiger partial charge is 0.311 e. The second kappa shape index (κ2) is 11.0. The molecule has 1 N–H and O–H groups in total. The Bertz CT molecular complexity index is 417. The zero-order valence-electron chi connectivity index (χ0n) is 15.3. The van der Waals surface area contributed by atoms with Crippen molar-refractivity contribution in [3.63, 3.8) is 0 Å². The highest BCUT2D eigenvalue weighted by molar-refractivity contribution is 5.75. The third kappa shape index (κ3) is 8.86. The lowest BCUT2D eigenvalue weighted by Gasteiger charge is -2.21. The molecule has 7 nitrogen and oxygen atoms in total. The molecule has 0 fully saturated rings. The standard InChI is InChI=1S/C17H30O7/c1-6-17(3,4)16(21)24-11-13(18)10-23-14(19)9-7-8-12(2)15(20)22-5/h12-13,18H,6-11H2,1-5H3. The summed E-state index contributed by atoms with van der Waals surface area (Å²) < 4.78 is 14.5. The molecule has 0 aromatic carbocycles. The summed E-state index contributed by atoms with van der Waals surface area (Å²) in [5, 5.41) is 9.69. The summed E-state index contributed by atoms with van der Waals surface area (Å²) in [6, 6.07) is 0. The number of hydrogen-bond donors (Lipinski definition) is 1. The van der Waals surface area contributed by atoms with E-state index in [4.69, 9.17) is 9.47 Å². The predicted octanol–water partition coefficient (Wildman–Crippen LogP) is 1.85. The largest absolute Gasteiger partial charge is 0.469 e. The van der Waals surface area contributed by atoms with E-state index in [-0.39, 0.29) is 31.5 Å². The molecule has 0 heterocycles. The van der Waals surface area contributed by atoms with Crippen molar-refractivity contribution < 1.29 is 33.7 Å². The first-order chi connectivity index (χ1) is 11.1. The zero-order valence-corrected chi connectivity index (χ0v) is 15.3. The SMILES string of the molecule is CCC(C)(C)C(=O)OCC(O)COC(=O)CCCC(C)C(=O)OC. The molecular formula is C17H30O7. The minimum absolute atomic E-state index is 0.150. The second-order valence-corrected chi connectivity index (χ2v) is 6.49. The van der Waals surface area contributed by atoms with Gasteiger partial charge in [-0.2, -0.15) is 0 Å². The van der Waals surface area contributed by atoms with Crippen molar-refractivity contribution in [2.24, 2.45) is 11.3 Å². The average Bonchev–Trinajstić information content (AvgIpc) is 2.56. The number of carbonyl (C=O) groups excluding carboxylic acids is 3. The highest BCUT2D eigenvalue weighted by Crippen LogP contribution is 2.21. The molecule has 140 valence electrons. The fourth-order valence-corrected chi connectivity index (χ4v) is 1.69. The second-order valence-electron chi connectivity index (χ2n) is 6.49. The van der Waals surface area contributed by atoms with Crippen LogP contribution in [0.1, 0.15) is 53.4 Å². The van der Waals surface area contributed by atoms with Crippen LogP contribution in [0.5, 0.6) is 0 Å². The minimum atomic E-state index is -1.06. The first-order valence-corrected chi connectivity index (χ1v) is 8.22. The van der Waals surface area contributed by atoms with Gasteiger partial charge in [0.05, 0.1) is 18.4 Å². The molecule has 7 heteroatoms. The van der Waals surface area contributed by atoms with Crippen LogP contribution >= 0.6 is 0 Å². The minimum Gasteiger partial charge on any atom is -0.469 e. The van der Waals surface area contributed by atoms with Crippen LogP contribution in [0.2, 0.25) is 0 Å². The summed E-state index contributed by atoms with van der Waals surface area (Å²) in [7, 11) is 1.32. The average molecular weight is 346 g/mol. The third-order valence-electron chi connectivity index (χ3n) is 3.90. The van der Waals surface area contributed by atoms with E-state index in [1.807, 2.05) is 6.92 Å². The number of esters is 3. The first-order valence-electron chi connectivity index (χ1n) is 8.22. The van der Waals surface area contributed by atoms with Crippen molar-refractivity contribution in [3.8, 4) is 0 Å². The normalized spacial score (nSPS) is 13.8. The molecule has 0 aromatic rings. The Morgan fingerprint density at radius 2 is 1.71 bits per heavy atom. The molecule has 0 bridgehead atoms. The maximum atomic E-state index is 11.7. The van der Waals surface area contributed by atoms with Crippen molar-refractivity contribution in [2.45, 2.75) is 59.5 Å². The van der Waals surface area contributed by atoms with E-state index in [1.165, 1.54) is 7.11 Å². The van der Waals surface area contributed by atoms with Gasteiger partial charge >= 0.3 is 17.9 Å². The number of rotatable bonds is 11. The van der Waals surface area contributed by atoms with Crippen LogP contribution in [0.25, 0.3) is 0 Å². The molecule has 0 radical (unpaired) electrons. The van der Waals surface area contributed by atoms with Crippen molar-refractivity contribution in [3.05, 3.63) is 0 Å². The zero-order chi connectivity index (χ0) is 18.8. The number of hydrogen-bond acceptors (Lipinski definition) is 7. The van der Waals surface area contributed by atoms with Gasteiger partial charge in [0.2, 0.25) is 0 Å². The maximum absolute atomic E-state index is 11.7. The Morgan fingerprint density at radius 1 is 1.12 bits per heavy atom. The van der Waals surface area contributed by atoms with E-state index in [1.54, 1.807) is 20.8 Å². The van der Waals surface area contributed by atoms with Crippen LogP contribution in [0.3, 0.4) is 0 Å². The highest BCUT2D eigenvalue weighted by atomic mass is 16.6. The number of carbonyl (C=O) groups is 3. The van der Waals surface area contributed by atoms with Gasteiger partial charge in [0, 0.05) is 6.42 Å². The molecule has 24 heavy (non-hydrogen) atoms. The van der Waals surface area contributed by atoms with E-state index in [0.717, 1.165) is 0 Å². The first kappa shape index (κ1) is 22.4. The quantitative estimate of drug-likeness (QED) is 0.450. The van der Waals surface area contributed by atoms with Gasteiger partial charge in [0.1, 0.15) is 19.3 Å². The van der Waals surface area contributed by atoms with Crippen molar-refractivity contribution in [1.29, 1.82) is 0 Å². The molecule has 0 amide bonds. The van der Waals surface area contributed by atoms with E-state index in [0.29, 0.717) is 19.3 Å². The maximum Gasteiger partial charge on any atom is 0.311 e. The molecular weight excluding hydrogens is 316 g/mol. The van der Waals surface area contributed by atoms with E-state index in [9.17, 15) is 19.5 Å². The summed E-state index contributed by atoms with van der Waals surface area (Å²) in [6.07, 6.45) is 0.732. The van der Waals surface area contributed by atoms with Crippen LogP contribution in [0, 0.1) is 11.3 Å². The molecule has 0 aliphatic heterocycles. The molecule has 0 aromatic heterocycles. The summed E-state index contributed by atoms with van der Waals surface area (Å²) in [5.41, 5.74) is -0.604. The molecule has 2 unspecified atom stereocenters.